The van der Waals surface area contributed by atoms with Gasteiger partial charge in [0.1, 0.15) is 0 Å². The van der Waals surface area contributed by atoms with Crippen molar-refractivity contribution in [3.8, 4) is 0 Å². The first kappa shape index (κ1) is 15.8. The van der Waals surface area contributed by atoms with Crippen molar-refractivity contribution in [2.45, 2.75) is 18.1 Å². The molecule has 1 aromatic carbocycles. The zero-order valence-electron chi connectivity index (χ0n) is 12.4. The minimum absolute atomic E-state index is 0.0533. The SMILES string of the molecule is CN1C[C@@H]2CCN(C(=O)c3ccc(Cl)cc3)CC[C@@H]2S1(=O)=O. The van der Waals surface area contributed by atoms with E-state index in [2.05, 4.69) is 0 Å². The number of rotatable bonds is 1. The van der Waals surface area contributed by atoms with Crippen LogP contribution in [0.5, 0.6) is 0 Å². The Morgan fingerprint density at radius 1 is 1.18 bits per heavy atom. The Kier molecular flexibility index (Phi) is 4.18. The largest absolute Gasteiger partial charge is 0.339 e. The molecule has 2 atom stereocenters. The third kappa shape index (κ3) is 2.75. The minimum atomic E-state index is -3.19. The van der Waals surface area contributed by atoms with Gasteiger partial charge in [-0.25, -0.2) is 12.7 Å². The number of sulfonamides is 1. The maximum Gasteiger partial charge on any atom is 0.253 e. The van der Waals surface area contributed by atoms with Crippen LogP contribution in [-0.4, -0.2) is 55.5 Å². The number of amides is 1. The molecule has 0 unspecified atom stereocenters. The van der Waals surface area contributed by atoms with Crippen LogP contribution >= 0.6 is 11.6 Å². The summed E-state index contributed by atoms with van der Waals surface area (Å²) in [5, 5.41) is 0.247. The molecule has 0 bridgehead atoms. The summed E-state index contributed by atoms with van der Waals surface area (Å²) < 4.78 is 26.0. The lowest BCUT2D eigenvalue weighted by Crippen LogP contribution is -2.34. The van der Waals surface area contributed by atoms with Crippen LogP contribution < -0.4 is 0 Å². The molecule has 2 aliphatic rings. The second-order valence-corrected chi connectivity index (χ2v) is 8.70. The summed E-state index contributed by atoms with van der Waals surface area (Å²) in [6, 6.07) is 6.81. The van der Waals surface area contributed by atoms with E-state index in [1.807, 2.05) is 0 Å². The molecule has 5 nitrogen and oxygen atoms in total. The molecule has 1 aromatic rings. The predicted octanol–water partition coefficient (Wildman–Crippen LogP) is 1.84. The third-order valence-electron chi connectivity index (χ3n) is 4.67. The van der Waals surface area contributed by atoms with Gasteiger partial charge in [-0.05, 0) is 43.0 Å². The first-order valence-corrected chi connectivity index (χ1v) is 9.27. The molecule has 22 heavy (non-hydrogen) atoms. The second kappa shape index (κ2) is 5.83. The van der Waals surface area contributed by atoms with Crippen LogP contribution in [0.25, 0.3) is 0 Å². The van der Waals surface area contributed by atoms with Crippen molar-refractivity contribution >= 4 is 27.5 Å². The van der Waals surface area contributed by atoms with Crippen LogP contribution in [0.3, 0.4) is 0 Å². The number of carbonyl (C=O) groups excluding carboxylic acids is 1. The molecule has 1 amide bonds. The van der Waals surface area contributed by atoms with Crippen LogP contribution in [0.4, 0.5) is 0 Å². The molecular formula is C15H19ClN2O3S. The van der Waals surface area contributed by atoms with Crippen molar-refractivity contribution in [3.05, 3.63) is 34.9 Å². The van der Waals surface area contributed by atoms with Gasteiger partial charge in [0, 0.05) is 37.3 Å². The highest BCUT2D eigenvalue weighted by atomic mass is 35.5. The van der Waals surface area contributed by atoms with Gasteiger partial charge >= 0.3 is 0 Å². The fraction of sp³-hybridized carbons (Fsp3) is 0.533. The lowest BCUT2D eigenvalue weighted by Gasteiger charge is -2.21. The Morgan fingerprint density at radius 3 is 2.50 bits per heavy atom. The van der Waals surface area contributed by atoms with E-state index >= 15 is 0 Å². The molecule has 0 aliphatic carbocycles. The fourth-order valence-corrected chi connectivity index (χ4v) is 5.48. The molecule has 2 saturated heterocycles. The van der Waals surface area contributed by atoms with Gasteiger partial charge in [-0.3, -0.25) is 4.79 Å². The molecule has 2 fully saturated rings. The van der Waals surface area contributed by atoms with E-state index in [1.165, 1.54) is 4.31 Å². The van der Waals surface area contributed by atoms with Gasteiger partial charge in [0.05, 0.1) is 5.25 Å². The van der Waals surface area contributed by atoms with Crippen molar-refractivity contribution in [1.82, 2.24) is 9.21 Å². The fourth-order valence-electron chi connectivity index (χ4n) is 3.38. The van der Waals surface area contributed by atoms with E-state index in [-0.39, 0.29) is 17.1 Å². The summed E-state index contributed by atoms with van der Waals surface area (Å²) in [7, 11) is -1.55. The van der Waals surface area contributed by atoms with Crippen molar-refractivity contribution < 1.29 is 13.2 Å². The maximum absolute atomic E-state index is 12.5. The van der Waals surface area contributed by atoms with Crippen LogP contribution in [0.2, 0.25) is 5.02 Å². The zero-order valence-corrected chi connectivity index (χ0v) is 14.0. The Bertz CT molecular complexity index is 675. The Morgan fingerprint density at radius 2 is 1.82 bits per heavy atom. The summed E-state index contributed by atoms with van der Waals surface area (Å²) in [5.41, 5.74) is 0.594. The van der Waals surface area contributed by atoms with Crippen molar-refractivity contribution in [1.29, 1.82) is 0 Å². The van der Waals surface area contributed by atoms with Crippen LogP contribution in [0.15, 0.2) is 24.3 Å². The van der Waals surface area contributed by atoms with Gasteiger partial charge in [-0.1, -0.05) is 11.6 Å². The number of nitrogens with zero attached hydrogens (tertiary/aromatic N) is 2. The van der Waals surface area contributed by atoms with E-state index in [4.69, 9.17) is 11.6 Å². The molecule has 0 radical (unpaired) electrons. The summed E-state index contributed by atoms with van der Waals surface area (Å²) in [5.74, 6) is 0.0698. The standard InChI is InChI=1S/C15H19ClN2O3S/c1-17-10-12-6-8-18(9-7-14(12)22(17,20)21)15(19)11-2-4-13(16)5-3-11/h2-5,12,14H,6-10H2,1H3/t12-,14-/m0/s1. The quantitative estimate of drug-likeness (QED) is 0.782. The number of hydrogen-bond acceptors (Lipinski definition) is 3. The Labute approximate surface area is 135 Å². The first-order chi connectivity index (χ1) is 10.4. The van der Waals surface area contributed by atoms with E-state index < -0.39 is 10.0 Å². The van der Waals surface area contributed by atoms with Gasteiger partial charge in [0.2, 0.25) is 10.0 Å². The van der Waals surface area contributed by atoms with Gasteiger partial charge in [0.15, 0.2) is 0 Å². The smallest absolute Gasteiger partial charge is 0.253 e. The van der Waals surface area contributed by atoms with Gasteiger partial charge in [0.25, 0.3) is 5.91 Å². The molecule has 0 N–H and O–H groups in total. The minimum Gasteiger partial charge on any atom is -0.339 e. The van der Waals surface area contributed by atoms with E-state index in [1.54, 1.807) is 36.2 Å². The zero-order chi connectivity index (χ0) is 15.9. The topological polar surface area (TPSA) is 57.7 Å². The lowest BCUT2D eigenvalue weighted by molar-refractivity contribution is 0.0759. The van der Waals surface area contributed by atoms with Crippen LogP contribution in [0.1, 0.15) is 23.2 Å². The van der Waals surface area contributed by atoms with E-state index in [0.29, 0.717) is 36.6 Å². The normalized spacial score (nSPS) is 28.2. The average Bonchev–Trinajstić information content (AvgIpc) is 2.65. The monoisotopic (exact) mass is 342 g/mol. The third-order valence-corrected chi connectivity index (χ3v) is 7.32. The van der Waals surface area contributed by atoms with Gasteiger partial charge in [-0.15, -0.1) is 0 Å². The molecule has 2 aliphatic heterocycles. The molecule has 2 heterocycles. The van der Waals surface area contributed by atoms with E-state index in [0.717, 1.165) is 6.42 Å². The molecule has 0 spiro atoms. The number of benzene rings is 1. The highest BCUT2D eigenvalue weighted by Gasteiger charge is 2.45. The molecule has 120 valence electrons. The average molecular weight is 343 g/mol. The van der Waals surface area contributed by atoms with Crippen molar-refractivity contribution in [2.24, 2.45) is 5.92 Å². The highest BCUT2D eigenvalue weighted by molar-refractivity contribution is 7.90. The Balaban J connectivity index is 1.74. The highest BCUT2D eigenvalue weighted by Crippen LogP contribution is 2.33. The molecule has 7 heteroatoms. The lowest BCUT2D eigenvalue weighted by atomic mass is 10.0. The maximum atomic E-state index is 12.5. The number of hydrogen-bond donors (Lipinski definition) is 0. The summed E-state index contributed by atoms with van der Waals surface area (Å²) >= 11 is 5.84. The van der Waals surface area contributed by atoms with Gasteiger partial charge < -0.3 is 4.90 Å². The number of likely N-dealkylation sites (tertiary alicyclic amines) is 1. The molecule has 0 aromatic heterocycles. The van der Waals surface area contributed by atoms with Gasteiger partial charge in [-0.2, -0.15) is 0 Å². The summed E-state index contributed by atoms with van der Waals surface area (Å²) in [6.07, 6.45) is 1.24. The first-order valence-electron chi connectivity index (χ1n) is 7.39. The molecule has 3 rings (SSSR count). The number of carbonyl (C=O) groups is 1. The molecular weight excluding hydrogens is 324 g/mol. The number of halogens is 1. The predicted molar refractivity (Wildman–Crippen MR) is 85.4 cm³/mol. The van der Waals surface area contributed by atoms with Crippen molar-refractivity contribution in [2.75, 3.05) is 26.7 Å². The summed E-state index contributed by atoms with van der Waals surface area (Å²) in [6.45, 7) is 1.65. The second-order valence-electron chi connectivity index (χ2n) is 6.00. The van der Waals surface area contributed by atoms with E-state index in [9.17, 15) is 13.2 Å². The summed E-state index contributed by atoms with van der Waals surface area (Å²) in [4.78, 5) is 14.3. The van der Waals surface area contributed by atoms with Crippen molar-refractivity contribution in [3.63, 3.8) is 0 Å². The van der Waals surface area contributed by atoms with Crippen LogP contribution in [-0.2, 0) is 10.0 Å². The number of fused-ring (bicyclic) bond motifs is 1. The van der Waals surface area contributed by atoms with Crippen LogP contribution in [0, 0.1) is 5.92 Å². The molecule has 0 saturated carbocycles. The Hall–Kier alpha value is -1.11.